The fraction of sp³-hybridized carbons (Fsp3) is 0.295. The Morgan fingerprint density at radius 1 is 0.189 bits per heavy atom. The molecule has 0 saturated carbocycles. The summed E-state index contributed by atoms with van der Waals surface area (Å²) in [5, 5.41) is 0. The second-order valence-corrected chi connectivity index (χ2v) is 41.4. The van der Waals surface area contributed by atoms with Crippen molar-refractivity contribution < 1.29 is 0 Å². The van der Waals surface area contributed by atoms with Crippen LogP contribution in [0, 0.1) is 70.3 Å². The molecule has 0 bridgehead atoms. The van der Waals surface area contributed by atoms with E-state index in [-0.39, 0.29) is 27.1 Å². The lowest BCUT2D eigenvalue weighted by Gasteiger charge is -2.17. The first-order chi connectivity index (χ1) is 42.0. The molecular weight excluding hydrogens is 1110 g/mol. The number of hydrogen-bond acceptors (Lipinski definition) is 0. The van der Waals surface area contributed by atoms with Crippen LogP contribution in [0.3, 0.4) is 0 Å². The maximum absolute atomic E-state index is 3.73. The largest absolute Gasteiger partial charge is 0.129 e. The van der Waals surface area contributed by atoms with E-state index in [1.807, 2.05) is 0 Å². The minimum absolute atomic E-state index is 0.00162. The summed E-state index contributed by atoms with van der Waals surface area (Å²) in [5.74, 6) is 36.9. The quantitative estimate of drug-likeness (QED) is 0.105. The third kappa shape index (κ3) is 14.5. The number of hydrogen-bond donors (Lipinski definition) is 0. The Kier molecular flexibility index (Phi) is 17.1. The lowest BCUT2D eigenvalue weighted by Crippen LogP contribution is -2.16. The van der Waals surface area contributed by atoms with Gasteiger partial charge in [0.1, 0.15) is 16.1 Å². The molecule has 0 aromatic heterocycles. The van der Waals surface area contributed by atoms with Crippen molar-refractivity contribution in [3.63, 3.8) is 0 Å². The van der Waals surface area contributed by atoms with E-state index in [1.54, 1.807) is 0 Å². The fourth-order valence-electron chi connectivity index (χ4n) is 11.3. The molecule has 2 heteroatoms. The maximum atomic E-state index is 3.73. The summed E-state index contributed by atoms with van der Waals surface area (Å²) < 4.78 is 0. The molecule has 0 atom stereocenters. The summed E-state index contributed by atoms with van der Waals surface area (Å²) in [6.45, 7) is 47.7. The molecule has 0 amide bonds. The topological polar surface area (TPSA) is 0 Å². The van der Waals surface area contributed by atoms with Gasteiger partial charge < -0.3 is 0 Å². The minimum atomic E-state index is -1.65. The van der Waals surface area contributed by atoms with Gasteiger partial charge in [0.25, 0.3) is 0 Å². The molecule has 448 valence electrons. The maximum Gasteiger partial charge on any atom is 0.129 e. The normalized spacial score (nSPS) is 12.2. The van der Waals surface area contributed by atoms with Gasteiger partial charge in [-0.1, -0.05) is 324 Å². The molecule has 0 aliphatic heterocycles. The molecule has 0 saturated heterocycles. The second kappa shape index (κ2) is 23.9. The lowest BCUT2D eigenvalue weighted by atomic mass is 9.88. The Morgan fingerprint density at radius 2 is 0.311 bits per heavy atom. The third-order valence-electron chi connectivity index (χ3n) is 16.9. The molecule has 0 radical (unpaired) electrons. The molecule has 0 unspecified atom stereocenters. The van der Waals surface area contributed by atoms with Gasteiger partial charge in [-0.05, 0) is 141 Å². The highest BCUT2D eigenvalue weighted by molar-refractivity contribution is 6.84. The Labute approximate surface area is 543 Å². The Hall–Kier alpha value is -8.71. The number of rotatable bonds is 0. The van der Waals surface area contributed by atoms with Gasteiger partial charge in [0.15, 0.2) is 0 Å². The molecule has 0 aromatic carbocycles. The molecular formula is C88H88Si2. The van der Waals surface area contributed by atoms with E-state index >= 15 is 0 Å². The highest BCUT2D eigenvalue weighted by Crippen LogP contribution is 2.40. The zero-order valence-corrected chi connectivity index (χ0v) is 59.4. The van der Waals surface area contributed by atoms with Gasteiger partial charge in [0.05, 0.1) is 0 Å². The van der Waals surface area contributed by atoms with E-state index in [9.17, 15) is 0 Å². The summed E-state index contributed by atoms with van der Waals surface area (Å²) in [6, 6.07) is 56.0. The molecule has 0 nitrogen and oxygen atoms in total. The van der Waals surface area contributed by atoms with Crippen LogP contribution >= 0.6 is 0 Å². The average Bonchev–Trinajstić information content (AvgIpc) is 1.82. The first-order valence-electron chi connectivity index (χ1n) is 32.0. The fourth-order valence-corrected chi connectivity index (χ4v) is 12.4. The van der Waals surface area contributed by atoms with Crippen LogP contribution in [0.25, 0.3) is 55.6 Å². The molecule has 10 aliphatic carbocycles. The summed E-state index contributed by atoms with van der Waals surface area (Å²) in [5.41, 5.74) is 34.0. The third-order valence-corrected chi connectivity index (χ3v) is 18.6. The van der Waals surface area contributed by atoms with E-state index in [2.05, 4.69) is 365 Å². The van der Waals surface area contributed by atoms with E-state index in [0.717, 1.165) is 111 Å². The van der Waals surface area contributed by atoms with E-state index < -0.39 is 16.1 Å². The minimum Gasteiger partial charge on any atom is -0.127 e. The van der Waals surface area contributed by atoms with Crippen molar-refractivity contribution in [2.24, 2.45) is 0 Å². The summed E-state index contributed by atoms with van der Waals surface area (Å²) in [4.78, 5) is 0. The van der Waals surface area contributed by atoms with E-state index in [1.165, 1.54) is 27.8 Å². The van der Waals surface area contributed by atoms with Gasteiger partial charge in [-0.3, -0.25) is 0 Å². The lowest BCUT2D eigenvalue weighted by molar-refractivity contribution is 0.590. The number of fused-ring (bicyclic) bond motifs is 5. The van der Waals surface area contributed by atoms with Crippen molar-refractivity contribution in [1.82, 2.24) is 0 Å². The van der Waals surface area contributed by atoms with Crippen LogP contribution in [0.2, 0.25) is 39.3 Å². The second-order valence-electron chi connectivity index (χ2n) is 31.9. The molecule has 0 aromatic rings. The molecule has 90 heavy (non-hydrogen) atoms. The highest BCUT2D eigenvalue weighted by atomic mass is 28.3. The van der Waals surface area contributed by atoms with Crippen LogP contribution in [-0.2, 0) is 27.1 Å². The van der Waals surface area contributed by atoms with Crippen LogP contribution in [0.1, 0.15) is 187 Å². The Bertz CT molecular complexity index is 4400. The molecule has 0 spiro atoms. The summed E-state index contributed by atoms with van der Waals surface area (Å²) in [7, 11) is -3.31. The van der Waals surface area contributed by atoms with E-state index in [4.69, 9.17) is 0 Å². The molecule has 0 fully saturated rings. The SMILES string of the molecule is CC(C)(C)c1ccc2c(C#Cc3cc(C#Cc4cc(C#C[Si](C)(C)C)c5ccc(C(C)(C)C)ccc4-5)c4ccc(C(C)(C)C)ccc3-4)cc(C#Cc3cc(C#Cc4cc(C#C[Si](C)(C)C)c5ccc(C(C)(C)C)ccc4-5)c4ccc(C(C)(C)C)ccc3-4)c-2cc1. The molecule has 10 aliphatic rings. The van der Waals surface area contributed by atoms with Crippen molar-refractivity contribution in [3.8, 4) is 126 Å². The zero-order valence-electron chi connectivity index (χ0n) is 57.4. The summed E-state index contributed by atoms with van der Waals surface area (Å²) >= 11 is 0. The standard InChI is InChI=1S/C88H88Si2/c1-84(2,3)69-30-40-74-59(22-24-61-55-63(78-44-34-70(85(4,5)6)32-42-76(61)78)26-28-65-57-67(50-52-89(16,17)18)82-48-38-72(87(10,11)12)36-46-80(65)82)54-60(75(74)41-31-69)23-25-62-56-64(79-45-35-71(86(7,8)9)33-43-77(62)79)27-29-66-58-68(51-53-90(19,20)21)83-49-39-73(88(13,14)15)37-47-81(66)83/h30-49,54-58H,1-21H3. The first-order valence-corrected chi connectivity index (χ1v) is 39.0. The van der Waals surface area contributed by atoms with Crippen molar-refractivity contribution >= 4 is 16.1 Å². The van der Waals surface area contributed by atoms with E-state index in [0.29, 0.717) is 0 Å². The van der Waals surface area contributed by atoms with Crippen LogP contribution in [0.4, 0.5) is 0 Å². The van der Waals surface area contributed by atoms with Gasteiger partial charge in [0.2, 0.25) is 0 Å². The summed E-state index contributed by atoms with van der Waals surface area (Å²) in [6.07, 6.45) is 0. The molecule has 0 heterocycles. The smallest absolute Gasteiger partial charge is 0.127 e. The highest BCUT2D eigenvalue weighted by Gasteiger charge is 2.24. The molecule has 0 N–H and O–H groups in total. The van der Waals surface area contributed by atoms with Gasteiger partial charge in [-0.15, -0.1) is 11.1 Å². The van der Waals surface area contributed by atoms with Gasteiger partial charge in [-0.25, -0.2) is 0 Å². The van der Waals surface area contributed by atoms with Crippen LogP contribution in [0.15, 0.2) is 152 Å². The monoisotopic (exact) mass is 1200 g/mol. The average molecular weight is 1200 g/mol. The van der Waals surface area contributed by atoms with Crippen LogP contribution in [0.5, 0.6) is 0 Å². The Balaban J connectivity index is 1.12. The van der Waals surface area contributed by atoms with Crippen LogP contribution < -0.4 is 0 Å². The van der Waals surface area contributed by atoms with Gasteiger partial charge in [-0.2, -0.15) is 0 Å². The van der Waals surface area contributed by atoms with Crippen molar-refractivity contribution in [1.29, 1.82) is 0 Å². The molecule has 10 rings (SSSR count). The predicted molar refractivity (Wildman–Crippen MR) is 393 cm³/mol. The van der Waals surface area contributed by atoms with Crippen molar-refractivity contribution in [2.45, 2.75) is 170 Å². The van der Waals surface area contributed by atoms with Crippen LogP contribution in [-0.4, -0.2) is 16.1 Å². The Morgan fingerprint density at radius 3 is 0.422 bits per heavy atom. The van der Waals surface area contributed by atoms with Crippen molar-refractivity contribution in [2.75, 3.05) is 0 Å². The predicted octanol–water partition coefficient (Wildman–Crippen LogP) is 21.8. The first kappa shape index (κ1) is 64.3. The zero-order chi connectivity index (χ0) is 65.1. The van der Waals surface area contributed by atoms with Gasteiger partial charge >= 0.3 is 0 Å². The van der Waals surface area contributed by atoms with Crippen molar-refractivity contribution in [3.05, 3.63) is 235 Å². The van der Waals surface area contributed by atoms with Gasteiger partial charge in [0, 0.05) is 55.6 Å².